The Balaban J connectivity index is 2.55. The topological polar surface area (TPSA) is 50.2 Å². The maximum absolute atomic E-state index is 13.6. The molecule has 0 bridgehead atoms. The van der Waals surface area contributed by atoms with Gasteiger partial charge in [0.1, 0.15) is 11.6 Å². The fraction of sp³-hybridized carbons (Fsp3) is 0.167. The van der Waals surface area contributed by atoms with Gasteiger partial charge in [-0.3, -0.25) is 4.79 Å². The van der Waals surface area contributed by atoms with E-state index in [0.717, 1.165) is 18.2 Å². The highest BCUT2D eigenvalue weighted by atomic mass is 32.1. The molecular weight excluding hydrogens is 260 g/mol. The van der Waals surface area contributed by atoms with Gasteiger partial charge < -0.3 is 5.11 Å². The monoisotopic (exact) mass is 269 g/mol. The van der Waals surface area contributed by atoms with Gasteiger partial charge in [-0.15, -0.1) is 11.3 Å². The quantitative estimate of drug-likeness (QED) is 0.931. The lowest BCUT2D eigenvalue weighted by Gasteiger charge is -2.02. The second kappa shape index (κ2) is 4.81. The van der Waals surface area contributed by atoms with Gasteiger partial charge >= 0.3 is 5.97 Å². The van der Waals surface area contributed by atoms with E-state index < -0.39 is 17.6 Å². The molecule has 0 unspecified atom stereocenters. The summed E-state index contributed by atoms with van der Waals surface area (Å²) < 4.78 is 26.8. The number of halogens is 2. The van der Waals surface area contributed by atoms with Crippen molar-refractivity contribution in [3.63, 3.8) is 0 Å². The first-order valence-corrected chi connectivity index (χ1v) is 5.92. The zero-order chi connectivity index (χ0) is 13.3. The molecule has 2 aromatic rings. The summed E-state index contributed by atoms with van der Waals surface area (Å²) in [6, 6.07) is 3.04. The Hall–Kier alpha value is -1.82. The Labute approximate surface area is 106 Å². The third-order valence-electron chi connectivity index (χ3n) is 2.30. The molecule has 2 rings (SSSR count). The maximum Gasteiger partial charge on any atom is 0.308 e. The van der Waals surface area contributed by atoms with Crippen molar-refractivity contribution in [3.8, 4) is 11.3 Å². The number of aryl methyl sites for hydroxylation is 1. The van der Waals surface area contributed by atoms with Crippen LogP contribution in [0.15, 0.2) is 18.2 Å². The van der Waals surface area contributed by atoms with Crippen LogP contribution in [0.2, 0.25) is 0 Å². The molecule has 0 amide bonds. The first-order chi connectivity index (χ1) is 8.47. The Morgan fingerprint density at radius 1 is 1.44 bits per heavy atom. The van der Waals surface area contributed by atoms with Gasteiger partial charge in [0, 0.05) is 10.4 Å². The van der Waals surface area contributed by atoms with Gasteiger partial charge in [0.05, 0.1) is 17.1 Å². The first-order valence-electron chi connectivity index (χ1n) is 5.11. The van der Waals surface area contributed by atoms with Crippen LogP contribution in [-0.4, -0.2) is 16.1 Å². The highest BCUT2D eigenvalue weighted by molar-refractivity contribution is 7.12. The molecule has 18 heavy (non-hydrogen) atoms. The fourth-order valence-corrected chi connectivity index (χ4v) is 2.56. The van der Waals surface area contributed by atoms with Gasteiger partial charge in [0.15, 0.2) is 0 Å². The molecule has 0 fully saturated rings. The predicted molar refractivity (Wildman–Crippen MR) is 63.5 cm³/mol. The average Bonchev–Trinajstić information content (AvgIpc) is 2.62. The van der Waals surface area contributed by atoms with E-state index in [9.17, 15) is 13.6 Å². The van der Waals surface area contributed by atoms with E-state index >= 15 is 0 Å². The van der Waals surface area contributed by atoms with E-state index in [1.807, 2.05) is 0 Å². The summed E-state index contributed by atoms with van der Waals surface area (Å²) in [7, 11) is 0. The Morgan fingerprint density at radius 3 is 2.83 bits per heavy atom. The van der Waals surface area contributed by atoms with Crippen molar-refractivity contribution in [1.82, 2.24) is 4.98 Å². The number of hydrogen-bond donors (Lipinski definition) is 1. The van der Waals surface area contributed by atoms with Gasteiger partial charge in [0.25, 0.3) is 0 Å². The molecule has 0 saturated carbocycles. The molecule has 3 nitrogen and oxygen atoms in total. The largest absolute Gasteiger partial charge is 0.481 e. The molecule has 6 heteroatoms. The van der Waals surface area contributed by atoms with Crippen molar-refractivity contribution >= 4 is 17.3 Å². The highest BCUT2D eigenvalue weighted by Gasteiger charge is 2.17. The lowest BCUT2D eigenvalue weighted by Crippen LogP contribution is -2.00. The molecule has 0 saturated heterocycles. The smallest absolute Gasteiger partial charge is 0.308 e. The van der Waals surface area contributed by atoms with Crippen molar-refractivity contribution in [2.45, 2.75) is 13.3 Å². The van der Waals surface area contributed by atoms with Crippen LogP contribution in [0.1, 0.15) is 9.88 Å². The van der Waals surface area contributed by atoms with Crippen LogP contribution in [0.4, 0.5) is 8.78 Å². The van der Waals surface area contributed by atoms with Crippen molar-refractivity contribution in [2.24, 2.45) is 0 Å². The molecule has 0 aliphatic rings. The predicted octanol–water partition coefficient (Wildman–Crippen LogP) is 3.02. The average molecular weight is 269 g/mol. The lowest BCUT2D eigenvalue weighted by atomic mass is 10.1. The van der Waals surface area contributed by atoms with Gasteiger partial charge in [0.2, 0.25) is 0 Å². The van der Waals surface area contributed by atoms with Gasteiger partial charge in [-0.05, 0) is 25.1 Å². The molecule has 1 heterocycles. The first kappa shape index (κ1) is 12.6. The van der Waals surface area contributed by atoms with E-state index in [2.05, 4.69) is 4.98 Å². The summed E-state index contributed by atoms with van der Waals surface area (Å²) in [5.74, 6) is -2.23. The van der Waals surface area contributed by atoms with Crippen molar-refractivity contribution in [3.05, 3.63) is 39.7 Å². The van der Waals surface area contributed by atoms with E-state index in [4.69, 9.17) is 5.11 Å². The molecule has 0 atom stereocenters. The summed E-state index contributed by atoms with van der Waals surface area (Å²) in [5, 5.41) is 9.40. The molecule has 1 aromatic heterocycles. The third-order valence-corrected chi connectivity index (χ3v) is 3.27. The number of nitrogens with zero attached hydrogens (tertiary/aromatic N) is 1. The second-order valence-corrected chi connectivity index (χ2v) is 4.99. The molecular formula is C12H9F2NO2S. The Kier molecular flexibility index (Phi) is 3.38. The number of carboxylic acids is 1. The number of carbonyl (C=O) groups is 1. The van der Waals surface area contributed by atoms with Crippen molar-refractivity contribution in [1.29, 1.82) is 0 Å². The van der Waals surface area contributed by atoms with Gasteiger partial charge in [-0.1, -0.05) is 0 Å². The Morgan fingerprint density at radius 2 is 2.17 bits per heavy atom. The molecule has 1 N–H and O–H groups in total. The van der Waals surface area contributed by atoms with Crippen LogP contribution in [0, 0.1) is 18.6 Å². The maximum atomic E-state index is 13.6. The van der Waals surface area contributed by atoms with Crippen LogP contribution >= 0.6 is 11.3 Å². The molecule has 0 aliphatic heterocycles. The Bertz CT molecular complexity index is 610. The standard InChI is InChI=1S/C12H9F2NO2S/c1-6-15-12(10(18-6)5-11(16)17)8-4-7(13)2-3-9(8)14/h2-4H,5H2,1H3,(H,16,17). The number of rotatable bonds is 3. The van der Waals surface area contributed by atoms with Crippen LogP contribution in [0.5, 0.6) is 0 Å². The molecule has 0 radical (unpaired) electrons. The van der Waals surface area contributed by atoms with Crippen LogP contribution < -0.4 is 0 Å². The molecule has 0 spiro atoms. The molecule has 94 valence electrons. The summed E-state index contributed by atoms with van der Waals surface area (Å²) in [5.41, 5.74) is 0.201. The summed E-state index contributed by atoms with van der Waals surface area (Å²) in [4.78, 5) is 15.2. The number of thiazole rings is 1. The van der Waals surface area contributed by atoms with Crippen LogP contribution in [0.3, 0.4) is 0 Å². The normalized spacial score (nSPS) is 10.6. The van der Waals surface area contributed by atoms with Crippen LogP contribution in [0.25, 0.3) is 11.3 Å². The minimum absolute atomic E-state index is 0.00407. The van der Waals surface area contributed by atoms with Crippen molar-refractivity contribution < 1.29 is 18.7 Å². The van der Waals surface area contributed by atoms with E-state index in [1.165, 1.54) is 11.3 Å². The second-order valence-electron chi connectivity index (χ2n) is 3.70. The number of benzene rings is 1. The zero-order valence-corrected chi connectivity index (χ0v) is 10.2. The van der Waals surface area contributed by atoms with Gasteiger partial charge in [-0.2, -0.15) is 0 Å². The van der Waals surface area contributed by atoms with Crippen molar-refractivity contribution in [2.75, 3.05) is 0 Å². The van der Waals surface area contributed by atoms with E-state index in [0.29, 0.717) is 9.88 Å². The summed E-state index contributed by atoms with van der Waals surface area (Å²) in [6.45, 7) is 1.69. The zero-order valence-electron chi connectivity index (χ0n) is 9.41. The SMILES string of the molecule is Cc1nc(-c2cc(F)ccc2F)c(CC(=O)O)s1. The number of aliphatic carboxylic acids is 1. The molecule has 1 aromatic carbocycles. The van der Waals surface area contributed by atoms with Crippen LogP contribution in [-0.2, 0) is 11.2 Å². The van der Waals surface area contributed by atoms with E-state index in [-0.39, 0.29) is 17.7 Å². The minimum Gasteiger partial charge on any atom is -0.481 e. The summed E-state index contributed by atoms with van der Waals surface area (Å²) in [6.07, 6.45) is -0.253. The molecule has 0 aliphatic carbocycles. The lowest BCUT2D eigenvalue weighted by molar-refractivity contribution is -0.136. The summed E-state index contributed by atoms with van der Waals surface area (Å²) >= 11 is 1.17. The van der Waals surface area contributed by atoms with E-state index in [1.54, 1.807) is 6.92 Å². The minimum atomic E-state index is -1.03. The highest BCUT2D eigenvalue weighted by Crippen LogP contribution is 2.30. The number of hydrogen-bond acceptors (Lipinski definition) is 3. The number of carboxylic acid groups (broad SMARTS) is 1. The number of aromatic nitrogens is 1. The van der Waals surface area contributed by atoms with Gasteiger partial charge in [-0.25, -0.2) is 13.8 Å². The fourth-order valence-electron chi connectivity index (χ4n) is 1.62. The third kappa shape index (κ3) is 2.53.